The van der Waals surface area contributed by atoms with Gasteiger partial charge in [0.25, 0.3) is 0 Å². The molecular weight excluding hydrogens is 205 g/mol. The fourth-order valence-electron chi connectivity index (χ4n) is 1.03. The third-order valence-corrected chi connectivity index (χ3v) is 1.65. The van der Waals surface area contributed by atoms with Gasteiger partial charge in [-0.3, -0.25) is 4.79 Å². The first-order valence-corrected chi connectivity index (χ1v) is 3.96. The summed E-state index contributed by atoms with van der Waals surface area (Å²) >= 11 is 0. The number of rotatable bonds is 2. The molecule has 5 nitrogen and oxygen atoms in total. The molecule has 0 spiro atoms. The normalized spacial score (nSPS) is 9.73. The molecule has 0 fully saturated rings. The Morgan fingerprint density at radius 2 is 2.00 bits per heavy atom. The number of aromatic carboxylic acids is 1. The maximum atomic E-state index is 13.4. The summed E-state index contributed by atoms with van der Waals surface area (Å²) in [5.74, 6) is -3.77. The van der Waals surface area contributed by atoms with E-state index in [1.807, 2.05) is 5.32 Å². The highest BCUT2D eigenvalue weighted by Gasteiger charge is 2.18. The summed E-state index contributed by atoms with van der Waals surface area (Å²) in [6.07, 6.45) is 0. The van der Waals surface area contributed by atoms with Crippen LogP contribution in [0.15, 0.2) is 12.1 Å². The fraction of sp³-hybridized carbons (Fsp3) is 0.111. The van der Waals surface area contributed by atoms with Gasteiger partial charge in [0.05, 0.1) is 5.56 Å². The largest absolute Gasteiger partial charge is 0.506 e. The van der Waals surface area contributed by atoms with Crippen molar-refractivity contribution >= 4 is 17.6 Å². The summed E-state index contributed by atoms with van der Waals surface area (Å²) in [7, 11) is 0. The number of anilines is 1. The molecule has 1 rings (SSSR count). The van der Waals surface area contributed by atoms with E-state index in [-0.39, 0.29) is 0 Å². The van der Waals surface area contributed by atoms with Crippen LogP contribution in [0.3, 0.4) is 0 Å². The molecule has 1 amide bonds. The third-order valence-electron chi connectivity index (χ3n) is 1.65. The number of phenols is 1. The molecular formula is C9H8FNO4. The van der Waals surface area contributed by atoms with Crippen LogP contribution in [0.25, 0.3) is 0 Å². The molecule has 15 heavy (non-hydrogen) atoms. The molecule has 0 saturated carbocycles. The zero-order chi connectivity index (χ0) is 11.6. The fourth-order valence-corrected chi connectivity index (χ4v) is 1.03. The van der Waals surface area contributed by atoms with Gasteiger partial charge in [-0.25, -0.2) is 9.18 Å². The number of carboxylic acids is 1. The van der Waals surface area contributed by atoms with Gasteiger partial charge >= 0.3 is 5.97 Å². The number of halogens is 1. The third kappa shape index (κ3) is 2.22. The second-order valence-electron chi connectivity index (χ2n) is 2.81. The second kappa shape index (κ2) is 3.95. The van der Waals surface area contributed by atoms with Crippen LogP contribution in [0.1, 0.15) is 17.3 Å². The van der Waals surface area contributed by atoms with Crippen molar-refractivity contribution in [3.8, 4) is 5.75 Å². The van der Waals surface area contributed by atoms with Crippen LogP contribution in [-0.4, -0.2) is 22.1 Å². The van der Waals surface area contributed by atoms with Crippen molar-refractivity contribution in [1.82, 2.24) is 0 Å². The molecule has 80 valence electrons. The van der Waals surface area contributed by atoms with Gasteiger partial charge in [-0.05, 0) is 12.1 Å². The first-order chi connectivity index (χ1) is 6.93. The zero-order valence-electron chi connectivity index (χ0n) is 7.74. The van der Waals surface area contributed by atoms with Crippen molar-refractivity contribution in [2.24, 2.45) is 0 Å². The molecule has 0 saturated heterocycles. The van der Waals surface area contributed by atoms with E-state index in [1.54, 1.807) is 0 Å². The lowest BCUT2D eigenvalue weighted by molar-refractivity contribution is -0.114. The summed E-state index contributed by atoms with van der Waals surface area (Å²) in [5, 5.41) is 19.8. The van der Waals surface area contributed by atoms with Crippen LogP contribution >= 0.6 is 0 Å². The average Bonchev–Trinajstić information content (AvgIpc) is 2.11. The van der Waals surface area contributed by atoms with Crippen molar-refractivity contribution in [2.45, 2.75) is 6.92 Å². The number of carboxylic acid groups (broad SMARTS) is 1. The molecule has 0 bridgehead atoms. The van der Waals surface area contributed by atoms with Crippen LogP contribution in [0, 0.1) is 5.82 Å². The van der Waals surface area contributed by atoms with Crippen LogP contribution < -0.4 is 5.32 Å². The summed E-state index contributed by atoms with van der Waals surface area (Å²) in [6, 6.07) is 1.91. The first kappa shape index (κ1) is 11.0. The van der Waals surface area contributed by atoms with E-state index >= 15 is 0 Å². The standard InChI is InChI=1S/C9H8FNO4/c1-4(12)11-8-6(13)3-2-5(7(8)10)9(14)15/h2-3,13H,1H3,(H,11,12)(H,14,15). The molecule has 0 unspecified atom stereocenters. The molecule has 0 aliphatic rings. The van der Waals surface area contributed by atoms with E-state index in [0.29, 0.717) is 0 Å². The maximum absolute atomic E-state index is 13.4. The number of hydrogen-bond acceptors (Lipinski definition) is 3. The smallest absolute Gasteiger partial charge is 0.338 e. The number of benzene rings is 1. The minimum atomic E-state index is -1.47. The number of phenolic OH excluding ortho intramolecular Hbond substituents is 1. The lowest BCUT2D eigenvalue weighted by Crippen LogP contribution is -2.10. The van der Waals surface area contributed by atoms with Gasteiger partial charge in [-0.15, -0.1) is 0 Å². The highest BCUT2D eigenvalue weighted by molar-refractivity contribution is 5.94. The summed E-state index contributed by atoms with van der Waals surface area (Å²) in [5.41, 5.74) is -1.14. The Morgan fingerprint density at radius 3 is 2.47 bits per heavy atom. The zero-order valence-corrected chi connectivity index (χ0v) is 7.74. The summed E-state index contributed by atoms with van der Waals surface area (Å²) in [4.78, 5) is 21.2. The van der Waals surface area contributed by atoms with Gasteiger partial charge in [0, 0.05) is 6.92 Å². The number of aromatic hydroxyl groups is 1. The molecule has 1 aromatic carbocycles. The van der Waals surface area contributed by atoms with Crippen molar-refractivity contribution in [3.63, 3.8) is 0 Å². The second-order valence-corrected chi connectivity index (χ2v) is 2.81. The van der Waals surface area contributed by atoms with E-state index < -0.39 is 34.7 Å². The SMILES string of the molecule is CC(=O)Nc1c(O)ccc(C(=O)O)c1F. The van der Waals surface area contributed by atoms with Crippen LogP contribution in [-0.2, 0) is 4.79 Å². The molecule has 6 heteroatoms. The van der Waals surface area contributed by atoms with Crippen molar-refractivity contribution < 1.29 is 24.2 Å². The Morgan fingerprint density at radius 1 is 1.40 bits per heavy atom. The van der Waals surface area contributed by atoms with Crippen molar-refractivity contribution in [1.29, 1.82) is 0 Å². The molecule has 0 radical (unpaired) electrons. The maximum Gasteiger partial charge on any atom is 0.338 e. The quantitative estimate of drug-likeness (QED) is 0.644. The molecule has 0 aliphatic carbocycles. The summed E-state index contributed by atoms with van der Waals surface area (Å²) < 4.78 is 13.4. The number of hydrogen-bond donors (Lipinski definition) is 3. The predicted molar refractivity (Wildman–Crippen MR) is 49.3 cm³/mol. The Hall–Kier alpha value is -2.11. The molecule has 0 atom stereocenters. The van der Waals surface area contributed by atoms with E-state index in [2.05, 4.69) is 0 Å². The van der Waals surface area contributed by atoms with Crippen LogP contribution in [0.4, 0.5) is 10.1 Å². The van der Waals surface area contributed by atoms with E-state index in [1.165, 1.54) is 0 Å². The molecule has 0 aliphatic heterocycles. The van der Waals surface area contributed by atoms with E-state index in [9.17, 15) is 19.1 Å². The van der Waals surface area contributed by atoms with Crippen molar-refractivity contribution in [2.75, 3.05) is 5.32 Å². The molecule has 3 N–H and O–H groups in total. The minimum Gasteiger partial charge on any atom is -0.506 e. The molecule has 0 heterocycles. The lowest BCUT2D eigenvalue weighted by Gasteiger charge is -2.07. The molecule has 0 aromatic heterocycles. The van der Waals surface area contributed by atoms with Crippen molar-refractivity contribution in [3.05, 3.63) is 23.5 Å². The van der Waals surface area contributed by atoms with Crippen LogP contribution in [0.5, 0.6) is 5.75 Å². The summed E-state index contributed by atoms with van der Waals surface area (Å²) in [6.45, 7) is 1.12. The van der Waals surface area contributed by atoms with Gasteiger partial charge < -0.3 is 15.5 Å². The number of amides is 1. The number of nitrogens with one attached hydrogen (secondary N) is 1. The Kier molecular flexibility index (Phi) is 2.89. The average molecular weight is 213 g/mol. The highest BCUT2D eigenvalue weighted by Crippen LogP contribution is 2.28. The monoisotopic (exact) mass is 213 g/mol. The first-order valence-electron chi connectivity index (χ1n) is 3.96. The lowest BCUT2D eigenvalue weighted by atomic mass is 10.1. The van der Waals surface area contributed by atoms with Gasteiger partial charge in [0.15, 0.2) is 5.82 Å². The van der Waals surface area contributed by atoms with E-state index in [0.717, 1.165) is 19.1 Å². The number of carbonyl (C=O) groups excluding carboxylic acids is 1. The van der Waals surface area contributed by atoms with Gasteiger partial charge in [0.2, 0.25) is 5.91 Å². The van der Waals surface area contributed by atoms with Gasteiger partial charge in [0.1, 0.15) is 11.4 Å². The predicted octanol–water partition coefficient (Wildman–Crippen LogP) is 1.19. The minimum absolute atomic E-state index is 0.521. The van der Waals surface area contributed by atoms with Gasteiger partial charge in [-0.1, -0.05) is 0 Å². The Labute approximate surface area is 84.2 Å². The Balaban J connectivity index is 3.29. The Bertz CT molecular complexity index is 430. The van der Waals surface area contributed by atoms with Crippen LogP contribution in [0.2, 0.25) is 0 Å². The highest BCUT2D eigenvalue weighted by atomic mass is 19.1. The van der Waals surface area contributed by atoms with Gasteiger partial charge in [-0.2, -0.15) is 0 Å². The molecule has 1 aromatic rings. The number of carbonyl (C=O) groups is 2. The topological polar surface area (TPSA) is 86.6 Å². The van der Waals surface area contributed by atoms with E-state index in [4.69, 9.17) is 5.11 Å².